The fourth-order valence-corrected chi connectivity index (χ4v) is 2.85. The van der Waals surface area contributed by atoms with Crippen molar-refractivity contribution < 1.29 is 18.7 Å². The molecule has 4 nitrogen and oxygen atoms in total. The molecule has 0 aliphatic heterocycles. The predicted molar refractivity (Wildman–Crippen MR) is 106 cm³/mol. The molecular formula is C23H22FNO3. The molecule has 0 bridgehead atoms. The molecular weight excluding hydrogens is 357 g/mol. The Balaban J connectivity index is 1.70. The van der Waals surface area contributed by atoms with Gasteiger partial charge in [-0.3, -0.25) is 4.79 Å². The van der Waals surface area contributed by atoms with Crippen molar-refractivity contribution in [3.8, 4) is 11.5 Å². The molecule has 0 aliphatic carbocycles. The molecule has 0 saturated carbocycles. The summed E-state index contributed by atoms with van der Waals surface area (Å²) in [6.07, 6.45) is 0.531. The molecule has 0 aromatic heterocycles. The molecule has 0 fully saturated rings. The SMILES string of the molecule is COc1ccc(C(Cc2ccc(F)cc2)NC(=O)COc2ccccc2)cc1. The zero-order valence-electron chi connectivity index (χ0n) is 15.6. The summed E-state index contributed by atoms with van der Waals surface area (Å²) in [4.78, 5) is 12.4. The highest BCUT2D eigenvalue weighted by Gasteiger charge is 2.16. The van der Waals surface area contributed by atoms with E-state index < -0.39 is 0 Å². The van der Waals surface area contributed by atoms with Crippen LogP contribution in [0, 0.1) is 5.82 Å². The van der Waals surface area contributed by atoms with E-state index in [1.807, 2.05) is 42.5 Å². The maximum Gasteiger partial charge on any atom is 0.258 e. The lowest BCUT2D eigenvalue weighted by molar-refractivity contribution is -0.123. The molecule has 1 N–H and O–H groups in total. The Kier molecular flexibility index (Phi) is 6.63. The van der Waals surface area contributed by atoms with Gasteiger partial charge in [0.15, 0.2) is 6.61 Å². The Bertz CT molecular complexity index is 880. The zero-order valence-corrected chi connectivity index (χ0v) is 15.6. The van der Waals surface area contributed by atoms with Crippen molar-refractivity contribution in [2.45, 2.75) is 12.5 Å². The number of amides is 1. The van der Waals surface area contributed by atoms with E-state index in [9.17, 15) is 9.18 Å². The van der Waals surface area contributed by atoms with Gasteiger partial charge in [0.2, 0.25) is 0 Å². The first-order valence-corrected chi connectivity index (χ1v) is 8.99. The van der Waals surface area contributed by atoms with E-state index in [2.05, 4.69) is 5.32 Å². The first kappa shape index (κ1) is 19.4. The minimum atomic E-state index is -0.287. The summed E-state index contributed by atoms with van der Waals surface area (Å²) in [7, 11) is 1.60. The number of hydrogen-bond donors (Lipinski definition) is 1. The molecule has 5 heteroatoms. The van der Waals surface area contributed by atoms with Crippen molar-refractivity contribution in [3.05, 3.63) is 95.8 Å². The van der Waals surface area contributed by atoms with E-state index in [-0.39, 0.29) is 24.4 Å². The monoisotopic (exact) mass is 379 g/mol. The Morgan fingerprint density at radius 2 is 1.61 bits per heavy atom. The molecule has 144 valence electrons. The first-order chi connectivity index (χ1) is 13.6. The van der Waals surface area contributed by atoms with Crippen LogP contribution in [0.15, 0.2) is 78.9 Å². The standard InChI is InChI=1S/C23H22FNO3/c1-27-20-13-9-18(10-14-20)22(15-17-7-11-19(24)12-8-17)25-23(26)16-28-21-5-3-2-4-6-21/h2-14,22H,15-16H2,1H3,(H,25,26). The van der Waals surface area contributed by atoms with Gasteiger partial charge in [0.05, 0.1) is 13.2 Å². The maximum absolute atomic E-state index is 13.2. The van der Waals surface area contributed by atoms with E-state index in [0.29, 0.717) is 12.2 Å². The number of halogens is 1. The average Bonchev–Trinajstić information content (AvgIpc) is 2.74. The van der Waals surface area contributed by atoms with Crippen LogP contribution in [0.5, 0.6) is 11.5 Å². The molecule has 3 aromatic rings. The van der Waals surface area contributed by atoms with Crippen LogP contribution in [0.25, 0.3) is 0 Å². The number of nitrogens with one attached hydrogen (secondary N) is 1. The summed E-state index contributed by atoms with van der Waals surface area (Å²) in [6.45, 7) is -0.0832. The number of methoxy groups -OCH3 is 1. The van der Waals surface area contributed by atoms with Gasteiger partial charge in [0.25, 0.3) is 5.91 Å². The first-order valence-electron chi connectivity index (χ1n) is 8.99. The van der Waals surface area contributed by atoms with Crippen molar-refractivity contribution >= 4 is 5.91 Å². The number of ether oxygens (including phenoxy) is 2. The molecule has 0 aliphatic rings. The Labute approximate surface area is 163 Å². The van der Waals surface area contributed by atoms with Gasteiger partial charge in [0, 0.05) is 0 Å². The van der Waals surface area contributed by atoms with E-state index in [1.165, 1.54) is 12.1 Å². The van der Waals surface area contributed by atoms with E-state index in [1.54, 1.807) is 31.4 Å². The Morgan fingerprint density at radius 1 is 0.929 bits per heavy atom. The highest BCUT2D eigenvalue weighted by Crippen LogP contribution is 2.22. The summed E-state index contributed by atoms with van der Waals surface area (Å²) in [5.74, 6) is 0.858. The van der Waals surface area contributed by atoms with Crippen molar-refractivity contribution in [1.29, 1.82) is 0 Å². The van der Waals surface area contributed by atoms with Gasteiger partial charge in [-0.25, -0.2) is 4.39 Å². The average molecular weight is 379 g/mol. The highest BCUT2D eigenvalue weighted by molar-refractivity contribution is 5.78. The third-order valence-corrected chi connectivity index (χ3v) is 4.32. The van der Waals surface area contributed by atoms with Crippen LogP contribution in [0.4, 0.5) is 4.39 Å². The summed E-state index contributed by atoms with van der Waals surface area (Å²) in [6, 6.07) is 22.7. The van der Waals surface area contributed by atoms with Crippen molar-refractivity contribution in [2.24, 2.45) is 0 Å². The van der Waals surface area contributed by atoms with E-state index >= 15 is 0 Å². The van der Waals surface area contributed by atoms with Gasteiger partial charge < -0.3 is 14.8 Å². The molecule has 0 saturated heterocycles. The topological polar surface area (TPSA) is 47.6 Å². The zero-order chi connectivity index (χ0) is 19.8. The molecule has 3 rings (SSSR count). The van der Waals surface area contributed by atoms with Gasteiger partial charge in [-0.05, 0) is 53.9 Å². The van der Waals surface area contributed by atoms with Gasteiger partial charge >= 0.3 is 0 Å². The second-order valence-electron chi connectivity index (χ2n) is 6.33. The number of benzene rings is 3. The number of hydrogen-bond acceptors (Lipinski definition) is 3. The fraction of sp³-hybridized carbons (Fsp3) is 0.174. The molecule has 1 amide bonds. The fourth-order valence-electron chi connectivity index (χ4n) is 2.85. The van der Waals surface area contributed by atoms with E-state index in [0.717, 1.165) is 16.9 Å². The second kappa shape index (κ2) is 9.55. The molecule has 28 heavy (non-hydrogen) atoms. The molecule has 3 aromatic carbocycles. The van der Waals surface area contributed by atoms with Crippen LogP contribution in [0.3, 0.4) is 0 Å². The maximum atomic E-state index is 13.2. The molecule has 0 spiro atoms. The van der Waals surface area contributed by atoms with Crippen LogP contribution in [-0.2, 0) is 11.2 Å². The molecule has 1 unspecified atom stereocenters. The van der Waals surface area contributed by atoms with Crippen molar-refractivity contribution in [3.63, 3.8) is 0 Å². The van der Waals surface area contributed by atoms with Crippen LogP contribution < -0.4 is 14.8 Å². The van der Waals surface area contributed by atoms with Crippen LogP contribution >= 0.6 is 0 Å². The quantitative estimate of drug-likeness (QED) is 0.634. The van der Waals surface area contributed by atoms with Gasteiger partial charge in [-0.15, -0.1) is 0 Å². The third-order valence-electron chi connectivity index (χ3n) is 4.32. The summed E-state index contributed by atoms with van der Waals surface area (Å²) in [5.41, 5.74) is 1.85. The Morgan fingerprint density at radius 3 is 2.25 bits per heavy atom. The smallest absolute Gasteiger partial charge is 0.258 e. The van der Waals surface area contributed by atoms with Crippen LogP contribution in [0.2, 0.25) is 0 Å². The van der Waals surface area contributed by atoms with Crippen molar-refractivity contribution in [1.82, 2.24) is 5.32 Å². The van der Waals surface area contributed by atoms with Gasteiger partial charge in [-0.2, -0.15) is 0 Å². The number of rotatable bonds is 8. The predicted octanol–water partition coefficient (Wildman–Crippen LogP) is 4.31. The van der Waals surface area contributed by atoms with Crippen LogP contribution in [0.1, 0.15) is 17.2 Å². The summed E-state index contributed by atoms with van der Waals surface area (Å²) in [5, 5.41) is 3.01. The molecule has 0 heterocycles. The lowest BCUT2D eigenvalue weighted by Crippen LogP contribution is -2.33. The molecule has 0 radical (unpaired) electrons. The highest BCUT2D eigenvalue weighted by atomic mass is 19.1. The summed E-state index contributed by atoms with van der Waals surface area (Å²) >= 11 is 0. The lowest BCUT2D eigenvalue weighted by Gasteiger charge is -2.20. The number of carbonyl (C=O) groups excluding carboxylic acids is 1. The van der Waals surface area contributed by atoms with Crippen LogP contribution in [-0.4, -0.2) is 19.6 Å². The number of para-hydroxylation sites is 1. The lowest BCUT2D eigenvalue weighted by atomic mass is 9.98. The van der Waals surface area contributed by atoms with Gasteiger partial charge in [0.1, 0.15) is 17.3 Å². The minimum Gasteiger partial charge on any atom is -0.497 e. The summed E-state index contributed by atoms with van der Waals surface area (Å²) < 4.78 is 23.9. The minimum absolute atomic E-state index is 0.0832. The largest absolute Gasteiger partial charge is 0.497 e. The van der Waals surface area contributed by atoms with Crippen molar-refractivity contribution in [2.75, 3.05) is 13.7 Å². The van der Waals surface area contributed by atoms with Gasteiger partial charge in [-0.1, -0.05) is 42.5 Å². The molecule has 1 atom stereocenters. The third kappa shape index (κ3) is 5.58. The second-order valence-corrected chi connectivity index (χ2v) is 6.33. The normalized spacial score (nSPS) is 11.5. The number of carbonyl (C=O) groups is 1. The van der Waals surface area contributed by atoms with E-state index in [4.69, 9.17) is 9.47 Å². The Hall–Kier alpha value is -3.34.